The number of thiophene rings is 1. The van der Waals surface area contributed by atoms with Crippen LogP contribution in [0.4, 0.5) is 17.1 Å². The third kappa shape index (κ3) is 4.47. The van der Waals surface area contributed by atoms with E-state index >= 15 is 0 Å². The lowest BCUT2D eigenvalue weighted by molar-refractivity contribution is 1.18. The molecule has 0 unspecified atom stereocenters. The fraction of sp³-hybridized carbons (Fsp3) is 0. The Balaban J connectivity index is 1.24. The first kappa shape index (κ1) is 27.9. The Kier molecular flexibility index (Phi) is 6.39. The Morgan fingerprint density at radius 2 is 1.08 bits per heavy atom. The topological polar surface area (TPSA) is 8.17 Å². The Bertz CT molecular complexity index is 2810. The zero-order valence-electron chi connectivity index (χ0n) is 26.6. The lowest BCUT2D eigenvalue weighted by Crippen LogP contribution is -2.10. The summed E-state index contributed by atoms with van der Waals surface area (Å²) in [5.74, 6) is 0. The summed E-state index contributed by atoms with van der Waals surface area (Å²) in [4.78, 5) is 2.45. The number of nitrogens with zero attached hydrogens (tertiary/aromatic N) is 2. The normalized spacial score (nSPS) is 11.7. The highest BCUT2D eigenvalue weighted by atomic mass is 32.1. The molecule has 10 aromatic rings. The van der Waals surface area contributed by atoms with E-state index in [2.05, 4.69) is 191 Å². The maximum atomic E-state index is 2.45. The van der Waals surface area contributed by atoms with Crippen molar-refractivity contribution in [1.29, 1.82) is 0 Å². The Hall–Kier alpha value is -6.16. The van der Waals surface area contributed by atoms with Gasteiger partial charge in [-0.2, -0.15) is 0 Å². The number of aromatic nitrogens is 1. The zero-order valence-corrected chi connectivity index (χ0v) is 27.4. The SMILES string of the molecule is c1ccc(-c2ccc(N(c3ccc4c5ccccc5n(-c5ccccc5)c4c3)c3cccc4c3sc3ccc5ccccc5c34)cc2)cc1. The first-order valence-corrected chi connectivity index (χ1v) is 17.5. The van der Waals surface area contributed by atoms with Gasteiger partial charge in [-0.3, -0.25) is 0 Å². The number of rotatable bonds is 5. The van der Waals surface area contributed by atoms with Gasteiger partial charge in [0.05, 0.1) is 21.4 Å². The lowest BCUT2D eigenvalue weighted by atomic mass is 10.0. The van der Waals surface area contributed by atoms with Crippen LogP contribution in [0.15, 0.2) is 182 Å². The van der Waals surface area contributed by atoms with E-state index in [1.807, 2.05) is 11.3 Å². The van der Waals surface area contributed by atoms with Crippen molar-refractivity contribution < 1.29 is 0 Å². The van der Waals surface area contributed by atoms with E-state index in [9.17, 15) is 0 Å². The Labute approximate surface area is 288 Å². The molecule has 0 spiro atoms. The van der Waals surface area contributed by atoms with E-state index < -0.39 is 0 Å². The summed E-state index contributed by atoms with van der Waals surface area (Å²) < 4.78 is 4.99. The molecule has 0 aliphatic rings. The lowest BCUT2D eigenvalue weighted by Gasteiger charge is -2.26. The summed E-state index contributed by atoms with van der Waals surface area (Å²) in [6.45, 7) is 0. The van der Waals surface area contributed by atoms with Gasteiger partial charge in [-0.15, -0.1) is 11.3 Å². The molecule has 0 radical (unpaired) electrons. The maximum Gasteiger partial charge on any atom is 0.0640 e. The molecule has 2 aromatic heterocycles. The van der Waals surface area contributed by atoms with E-state index in [0.717, 1.165) is 17.1 Å². The van der Waals surface area contributed by atoms with Crippen LogP contribution in [0.3, 0.4) is 0 Å². The fourth-order valence-electron chi connectivity index (χ4n) is 7.54. The van der Waals surface area contributed by atoms with E-state index in [1.54, 1.807) is 0 Å². The highest BCUT2D eigenvalue weighted by Crippen LogP contribution is 2.47. The molecule has 2 heterocycles. The van der Waals surface area contributed by atoms with E-state index in [1.165, 1.54) is 69.6 Å². The zero-order chi connectivity index (χ0) is 32.3. The number of para-hydroxylation sites is 2. The standard InChI is InChI=1S/C46H30N2S/c1-3-12-31(13-4-1)32-22-25-35(26-23-32)47(42-21-11-19-40-45-37-17-8-7-14-33(37)24-29-44(45)49-46(40)42)36-27-28-39-38-18-9-10-20-41(38)48(43(39)30-36)34-15-5-2-6-16-34/h1-30H. The number of hydrogen-bond donors (Lipinski definition) is 0. The Morgan fingerprint density at radius 3 is 1.92 bits per heavy atom. The van der Waals surface area contributed by atoms with Crippen molar-refractivity contribution >= 4 is 81.1 Å². The maximum absolute atomic E-state index is 2.45. The molecule has 0 fully saturated rings. The van der Waals surface area contributed by atoms with Gasteiger partial charge in [-0.05, 0) is 76.5 Å². The molecule has 0 bridgehead atoms. The molecular weight excluding hydrogens is 613 g/mol. The summed E-state index contributed by atoms with van der Waals surface area (Å²) in [5.41, 5.74) is 9.39. The minimum Gasteiger partial charge on any atom is -0.309 e. The van der Waals surface area contributed by atoms with Crippen LogP contribution in [0, 0.1) is 0 Å². The predicted octanol–water partition coefficient (Wildman–Crippen LogP) is 13.4. The monoisotopic (exact) mass is 642 g/mol. The van der Waals surface area contributed by atoms with Crippen LogP contribution in [-0.2, 0) is 0 Å². The van der Waals surface area contributed by atoms with Gasteiger partial charge >= 0.3 is 0 Å². The minimum atomic E-state index is 1.12. The van der Waals surface area contributed by atoms with Crippen LogP contribution in [0.1, 0.15) is 0 Å². The van der Waals surface area contributed by atoms with Crippen molar-refractivity contribution in [3.05, 3.63) is 182 Å². The molecule has 2 nitrogen and oxygen atoms in total. The largest absolute Gasteiger partial charge is 0.309 e. The molecule has 0 saturated heterocycles. The van der Waals surface area contributed by atoms with Crippen molar-refractivity contribution in [3.8, 4) is 16.8 Å². The highest BCUT2D eigenvalue weighted by Gasteiger charge is 2.21. The molecule has 8 aromatic carbocycles. The van der Waals surface area contributed by atoms with E-state index in [0.29, 0.717) is 0 Å². The van der Waals surface area contributed by atoms with Crippen LogP contribution >= 0.6 is 11.3 Å². The van der Waals surface area contributed by atoms with Gasteiger partial charge in [0, 0.05) is 43.3 Å². The second-order valence-corrected chi connectivity index (χ2v) is 13.6. The molecule has 49 heavy (non-hydrogen) atoms. The Morgan fingerprint density at radius 1 is 0.429 bits per heavy atom. The number of benzene rings is 8. The van der Waals surface area contributed by atoms with Crippen molar-refractivity contribution in [2.75, 3.05) is 4.90 Å². The van der Waals surface area contributed by atoms with Crippen LogP contribution in [0.5, 0.6) is 0 Å². The van der Waals surface area contributed by atoms with Crippen LogP contribution in [-0.4, -0.2) is 4.57 Å². The quantitative estimate of drug-likeness (QED) is 0.181. The molecule has 230 valence electrons. The average Bonchev–Trinajstić information content (AvgIpc) is 3.72. The molecule has 10 rings (SSSR count). The first-order valence-electron chi connectivity index (χ1n) is 16.7. The van der Waals surface area contributed by atoms with Crippen LogP contribution in [0.2, 0.25) is 0 Å². The minimum absolute atomic E-state index is 1.12. The summed E-state index contributed by atoms with van der Waals surface area (Å²) in [6, 6.07) is 66.1. The van der Waals surface area contributed by atoms with Gasteiger partial charge in [0.15, 0.2) is 0 Å². The third-order valence-corrected chi connectivity index (χ3v) is 11.0. The van der Waals surface area contributed by atoms with Gasteiger partial charge in [-0.1, -0.05) is 127 Å². The molecular formula is C46H30N2S. The van der Waals surface area contributed by atoms with Crippen LogP contribution < -0.4 is 4.90 Å². The van der Waals surface area contributed by atoms with Gasteiger partial charge in [-0.25, -0.2) is 0 Å². The number of hydrogen-bond acceptors (Lipinski definition) is 2. The number of fused-ring (bicyclic) bond motifs is 8. The molecule has 3 heteroatoms. The summed E-state index contributed by atoms with van der Waals surface area (Å²) in [5, 5.41) is 7.70. The van der Waals surface area contributed by atoms with Crippen LogP contribution in [0.25, 0.3) is 69.6 Å². The summed E-state index contributed by atoms with van der Waals surface area (Å²) >= 11 is 1.88. The second kappa shape index (κ2) is 11.2. The smallest absolute Gasteiger partial charge is 0.0640 e. The summed E-state index contributed by atoms with van der Waals surface area (Å²) in [6.07, 6.45) is 0. The van der Waals surface area contributed by atoms with E-state index in [4.69, 9.17) is 0 Å². The van der Waals surface area contributed by atoms with Crippen molar-refractivity contribution in [2.24, 2.45) is 0 Å². The number of anilines is 3. The van der Waals surface area contributed by atoms with Crippen molar-refractivity contribution in [2.45, 2.75) is 0 Å². The van der Waals surface area contributed by atoms with Gasteiger partial charge in [0.2, 0.25) is 0 Å². The average molecular weight is 643 g/mol. The van der Waals surface area contributed by atoms with E-state index in [-0.39, 0.29) is 0 Å². The molecule has 0 N–H and O–H groups in total. The van der Waals surface area contributed by atoms with Gasteiger partial charge < -0.3 is 9.47 Å². The highest BCUT2D eigenvalue weighted by molar-refractivity contribution is 7.26. The molecule has 0 aliphatic heterocycles. The van der Waals surface area contributed by atoms with Gasteiger partial charge in [0.1, 0.15) is 0 Å². The predicted molar refractivity (Wildman–Crippen MR) is 211 cm³/mol. The van der Waals surface area contributed by atoms with Crippen molar-refractivity contribution in [3.63, 3.8) is 0 Å². The van der Waals surface area contributed by atoms with Crippen molar-refractivity contribution in [1.82, 2.24) is 4.57 Å². The van der Waals surface area contributed by atoms with Gasteiger partial charge in [0.25, 0.3) is 0 Å². The molecule has 0 atom stereocenters. The second-order valence-electron chi connectivity index (χ2n) is 12.6. The first-order chi connectivity index (χ1) is 24.3. The molecule has 0 aliphatic carbocycles. The molecule has 0 saturated carbocycles. The summed E-state index contributed by atoms with van der Waals surface area (Å²) in [7, 11) is 0. The molecule has 0 amide bonds. The third-order valence-electron chi connectivity index (χ3n) is 9.77. The fourth-order valence-corrected chi connectivity index (χ4v) is 8.77.